The maximum Gasteiger partial charge on any atom is 0.329 e. The average Bonchev–Trinajstić information content (AvgIpc) is 3.29. The number of likely N-dealkylation sites (tertiary alicyclic amines) is 1. The Bertz CT molecular complexity index is 1200. The van der Waals surface area contributed by atoms with Gasteiger partial charge in [-0.05, 0) is 48.7 Å². The Morgan fingerprint density at radius 3 is 2.20 bits per heavy atom. The molecular weight excluding hydrogens is 456 g/mol. The molecule has 5 rings (SSSR count). The van der Waals surface area contributed by atoms with Crippen molar-refractivity contribution < 1.29 is 4.79 Å². The molecule has 0 aliphatic carbocycles. The zero-order valence-electron chi connectivity index (χ0n) is 19.7. The van der Waals surface area contributed by atoms with Gasteiger partial charge in [0, 0.05) is 44.2 Å². The monoisotopic (exact) mass is 484 g/mol. The van der Waals surface area contributed by atoms with Crippen LogP contribution in [0.5, 0.6) is 0 Å². The molecule has 178 valence electrons. The lowest BCUT2D eigenvalue weighted by molar-refractivity contribution is 0.188. The molecule has 0 radical (unpaired) electrons. The van der Waals surface area contributed by atoms with Gasteiger partial charge in [0.2, 0.25) is 0 Å². The summed E-state index contributed by atoms with van der Waals surface area (Å²) in [5.41, 5.74) is 2.90. The summed E-state index contributed by atoms with van der Waals surface area (Å²) in [5.74, 6) is 2.08. The fraction of sp³-hybridized carbons (Fsp3) is 0.259. The largest absolute Gasteiger partial charge is 0.329 e. The number of amides is 2. The Labute approximate surface area is 209 Å². The quantitative estimate of drug-likeness (QED) is 0.331. The number of carbonyl (C=O) groups excluding carboxylic acids is 1. The van der Waals surface area contributed by atoms with Crippen LogP contribution in [0.25, 0.3) is 0 Å². The van der Waals surface area contributed by atoms with E-state index in [1.54, 1.807) is 22.9 Å². The molecule has 0 spiro atoms. The number of anilines is 2. The fourth-order valence-electron chi connectivity index (χ4n) is 4.43. The van der Waals surface area contributed by atoms with Gasteiger partial charge < -0.3 is 9.47 Å². The van der Waals surface area contributed by atoms with E-state index >= 15 is 0 Å². The van der Waals surface area contributed by atoms with Crippen LogP contribution in [0, 0.1) is 0 Å². The van der Waals surface area contributed by atoms with Crippen molar-refractivity contribution in [1.82, 2.24) is 24.6 Å². The highest BCUT2D eigenvalue weighted by Crippen LogP contribution is 2.32. The van der Waals surface area contributed by atoms with Gasteiger partial charge in [0.25, 0.3) is 0 Å². The van der Waals surface area contributed by atoms with Crippen LogP contribution < -0.4 is 4.90 Å². The van der Waals surface area contributed by atoms with Gasteiger partial charge in [-0.2, -0.15) is 0 Å². The molecule has 2 aromatic carbocycles. The molecule has 0 bridgehead atoms. The summed E-state index contributed by atoms with van der Waals surface area (Å²) in [4.78, 5) is 21.6. The Kier molecular flexibility index (Phi) is 7.09. The van der Waals surface area contributed by atoms with E-state index in [2.05, 4.69) is 25.8 Å². The molecule has 0 atom stereocenters. The van der Waals surface area contributed by atoms with Crippen LogP contribution in [0.15, 0.2) is 90.3 Å². The van der Waals surface area contributed by atoms with Crippen LogP contribution in [-0.2, 0) is 12.8 Å². The summed E-state index contributed by atoms with van der Waals surface area (Å²) < 4.78 is 2.10. The number of carbonyl (C=O) groups is 1. The number of piperidine rings is 1. The molecular formula is C27H28N6OS. The molecule has 0 unspecified atom stereocenters. The lowest BCUT2D eigenvalue weighted by atomic mass is 9.96. The number of pyridine rings is 1. The Morgan fingerprint density at radius 2 is 1.60 bits per heavy atom. The Hall–Kier alpha value is -3.65. The highest BCUT2D eigenvalue weighted by Gasteiger charge is 2.30. The number of rotatable bonds is 6. The first kappa shape index (κ1) is 23.1. The Morgan fingerprint density at radius 1 is 0.943 bits per heavy atom. The third-order valence-corrected chi connectivity index (χ3v) is 7.40. The second kappa shape index (κ2) is 10.7. The molecule has 8 heteroatoms. The second-order valence-electron chi connectivity index (χ2n) is 8.60. The highest BCUT2D eigenvalue weighted by molar-refractivity contribution is 7.98. The van der Waals surface area contributed by atoms with Crippen LogP contribution in [0.4, 0.5) is 16.2 Å². The predicted octanol–water partition coefficient (Wildman–Crippen LogP) is 5.64. The number of hydrogen-bond donors (Lipinski definition) is 0. The van der Waals surface area contributed by atoms with Crippen molar-refractivity contribution in [1.29, 1.82) is 0 Å². The number of urea groups is 1. The van der Waals surface area contributed by atoms with Gasteiger partial charge in [0.05, 0.1) is 11.4 Å². The zero-order chi connectivity index (χ0) is 24.0. The molecule has 7 nitrogen and oxygen atoms in total. The van der Waals surface area contributed by atoms with Gasteiger partial charge in [0.1, 0.15) is 5.82 Å². The van der Waals surface area contributed by atoms with Crippen LogP contribution in [0.1, 0.15) is 30.1 Å². The van der Waals surface area contributed by atoms with Gasteiger partial charge in [-0.15, -0.1) is 10.2 Å². The lowest BCUT2D eigenvalue weighted by Crippen LogP contribution is -2.45. The van der Waals surface area contributed by atoms with Crippen LogP contribution in [-0.4, -0.2) is 43.8 Å². The zero-order valence-corrected chi connectivity index (χ0v) is 20.5. The summed E-state index contributed by atoms with van der Waals surface area (Å²) in [7, 11) is 2.03. The van der Waals surface area contributed by atoms with Crippen molar-refractivity contribution in [2.75, 3.05) is 18.0 Å². The standard InChI is InChI=1S/C27H28N6OS/c1-31-25(29-30-26(31)35-20-21-9-8-16-28-19-21)22-14-17-32(18-15-22)27(34)33(23-10-4-2-5-11-23)24-12-6-3-7-13-24/h2-13,16,19,22H,14-15,17-18,20H2,1H3. The van der Waals surface area contributed by atoms with Gasteiger partial charge in [-0.3, -0.25) is 9.88 Å². The van der Waals surface area contributed by atoms with E-state index in [9.17, 15) is 4.79 Å². The first-order valence-electron chi connectivity index (χ1n) is 11.8. The Balaban J connectivity index is 1.25. The summed E-state index contributed by atoms with van der Waals surface area (Å²) >= 11 is 1.67. The van der Waals surface area contributed by atoms with Gasteiger partial charge in [0.15, 0.2) is 5.16 Å². The molecule has 1 saturated heterocycles. The SMILES string of the molecule is Cn1c(SCc2cccnc2)nnc1C1CCN(C(=O)N(c2ccccc2)c2ccccc2)CC1. The van der Waals surface area contributed by atoms with Crippen molar-refractivity contribution in [3.05, 3.63) is 96.6 Å². The average molecular weight is 485 g/mol. The van der Waals surface area contributed by atoms with E-state index in [1.165, 1.54) is 0 Å². The van der Waals surface area contributed by atoms with E-state index < -0.39 is 0 Å². The van der Waals surface area contributed by atoms with Crippen molar-refractivity contribution in [2.24, 2.45) is 7.05 Å². The number of nitrogens with zero attached hydrogens (tertiary/aromatic N) is 6. The second-order valence-corrected chi connectivity index (χ2v) is 9.54. The van der Waals surface area contributed by atoms with Crippen molar-refractivity contribution in [2.45, 2.75) is 29.7 Å². The number of para-hydroxylation sites is 2. The molecule has 3 heterocycles. The third kappa shape index (κ3) is 5.22. The van der Waals surface area contributed by atoms with Crippen LogP contribution >= 0.6 is 11.8 Å². The first-order chi connectivity index (χ1) is 17.2. The minimum atomic E-state index is 0.00605. The molecule has 0 saturated carbocycles. The summed E-state index contributed by atoms with van der Waals surface area (Å²) in [6.07, 6.45) is 5.39. The van der Waals surface area contributed by atoms with Gasteiger partial charge in [-0.25, -0.2) is 4.79 Å². The molecule has 35 heavy (non-hydrogen) atoms. The van der Waals surface area contributed by atoms with Crippen molar-refractivity contribution >= 4 is 29.2 Å². The number of thioether (sulfide) groups is 1. The van der Waals surface area contributed by atoms with Crippen LogP contribution in [0.3, 0.4) is 0 Å². The molecule has 0 N–H and O–H groups in total. The number of benzene rings is 2. The minimum absolute atomic E-state index is 0.00605. The lowest BCUT2D eigenvalue weighted by Gasteiger charge is -2.35. The normalized spacial score (nSPS) is 14.1. The maximum atomic E-state index is 13.6. The maximum absolute atomic E-state index is 13.6. The van der Waals surface area contributed by atoms with Gasteiger partial charge in [-0.1, -0.05) is 54.2 Å². The predicted molar refractivity (Wildman–Crippen MR) is 139 cm³/mol. The minimum Gasteiger partial charge on any atom is -0.324 e. The fourth-order valence-corrected chi connectivity index (χ4v) is 5.29. The molecule has 2 aromatic heterocycles. The number of aromatic nitrogens is 4. The van der Waals surface area contributed by atoms with Gasteiger partial charge >= 0.3 is 6.03 Å². The molecule has 1 aliphatic heterocycles. The first-order valence-corrected chi connectivity index (χ1v) is 12.8. The van der Waals surface area contributed by atoms with E-state index in [-0.39, 0.29) is 11.9 Å². The number of hydrogen-bond acceptors (Lipinski definition) is 5. The molecule has 1 fully saturated rings. The van der Waals surface area contributed by atoms with Crippen molar-refractivity contribution in [3.63, 3.8) is 0 Å². The van der Waals surface area contributed by atoms with Crippen molar-refractivity contribution in [3.8, 4) is 0 Å². The highest BCUT2D eigenvalue weighted by atomic mass is 32.2. The van der Waals surface area contributed by atoms with E-state index in [1.807, 2.05) is 84.9 Å². The summed E-state index contributed by atoms with van der Waals surface area (Å²) in [5, 5.41) is 9.85. The molecule has 4 aromatic rings. The topological polar surface area (TPSA) is 67.2 Å². The molecule has 1 aliphatic rings. The molecule has 2 amide bonds. The van der Waals surface area contributed by atoms with E-state index in [4.69, 9.17) is 0 Å². The van der Waals surface area contributed by atoms with Crippen LogP contribution in [0.2, 0.25) is 0 Å². The van der Waals surface area contributed by atoms with E-state index in [0.717, 1.165) is 46.5 Å². The smallest absolute Gasteiger partial charge is 0.324 e. The summed E-state index contributed by atoms with van der Waals surface area (Å²) in [6, 6.07) is 23.7. The summed E-state index contributed by atoms with van der Waals surface area (Å²) in [6.45, 7) is 1.37. The third-order valence-electron chi connectivity index (χ3n) is 6.31. The van der Waals surface area contributed by atoms with E-state index in [0.29, 0.717) is 13.1 Å².